The average Bonchev–Trinajstić information content (AvgIpc) is 2.87. The molecule has 0 aromatic heterocycles. The lowest BCUT2D eigenvalue weighted by Crippen LogP contribution is -2.63. The first kappa shape index (κ1) is 21.4. The summed E-state index contributed by atoms with van der Waals surface area (Å²) in [6.45, 7) is 4.36. The molecule has 0 amide bonds. The van der Waals surface area contributed by atoms with Crippen molar-refractivity contribution in [3.63, 3.8) is 0 Å². The summed E-state index contributed by atoms with van der Waals surface area (Å²) in [5.41, 5.74) is -2.59. The number of allylic oxidation sites excluding steroid dienone is 4. The Labute approximate surface area is 175 Å². The van der Waals surface area contributed by atoms with Crippen LogP contribution in [-0.2, 0) is 19.1 Å². The fourth-order valence-electron chi connectivity index (χ4n) is 7.12. The van der Waals surface area contributed by atoms with E-state index in [0.717, 1.165) is 5.57 Å². The van der Waals surface area contributed by atoms with Gasteiger partial charge in [0.2, 0.25) is 5.78 Å². The van der Waals surface area contributed by atoms with Crippen LogP contribution >= 0.6 is 0 Å². The lowest BCUT2D eigenvalue weighted by atomic mass is 9.46. The second kappa shape index (κ2) is 6.84. The molecule has 3 N–H and O–H groups in total. The van der Waals surface area contributed by atoms with E-state index in [9.17, 15) is 29.7 Å². The first-order valence-electron chi connectivity index (χ1n) is 10.6. The quantitative estimate of drug-likeness (QED) is 0.587. The Morgan fingerprint density at radius 1 is 1.27 bits per heavy atom. The van der Waals surface area contributed by atoms with Crippen LogP contribution in [0.1, 0.15) is 46.5 Å². The monoisotopic (exact) mass is 418 g/mol. The van der Waals surface area contributed by atoms with Crippen molar-refractivity contribution in [1.29, 1.82) is 0 Å². The summed E-state index contributed by atoms with van der Waals surface area (Å²) in [7, 11) is 0. The highest BCUT2D eigenvalue weighted by Crippen LogP contribution is 2.67. The maximum Gasteiger partial charge on any atom is 0.303 e. The van der Waals surface area contributed by atoms with Gasteiger partial charge in [0.05, 0.1) is 12.2 Å². The molecule has 4 aliphatic carbocycles. The van der Waals surface area contributed by atoms with Gasteiger partial charge < -0.3 is 20.1 Å². The summed E-state index contributed by atoms with van der Waals surface area (Å²) >= 11 is 0. The summed E-state index contributed by atoms with van der Waals surface area (Å²) in [4.78, 5) is 35.9. The minimum atomic E-state index is -2.09. The molecule has 3 saturated carbocycles. The minimum Gasteiger partial charge on any atom is -0.458 e. The first-order valence-corrected chi connectivity index (χ1v) is 10.6. The van der Waals surface area contributed by atoms with Gasteiger partial charge in [0.1, 0.15) is 0 Å². The van der Waals surface area contributed by atoms with Crippen molar-refractivity contribution in [2.24, 2.45) is 28.6 Å². The van der Waals surface area contributed by atoms with Gasteiger partial charge in [-0.25, -0.2) is 0 Å². The standard InChI is InChI=1S/C23H30O7/c1-12(24)30-11-19(28)23(29)18(27)9-16-15-5-4-13-8-14(25)6-7-21(13,2)20(15)17(26)10-22(16,23)3/h6-8,15-18,20,26-27,29H,4-5,9-11H2,1-3H3/t15-,16-,17?,18+,20+,21-,22-,23-/m0/s1. The number of esters is 1. The van der Waals surface area contributed by atoms with E-state index in [1.54, 1.807) is 19.1 Å². The number of hydrogen-bond acceptors (Lipinski definition) is 7. The summed E-state index contributed by atoms with van der Waals surface area (Å²) in [6, 6.07) is 0. The molecule has 0 aromatic rings. The van der Waals surface area contributed by atoms with E-state index in [1.165, 1.54) is 6.92 Å². The van der Waals surface area contributed by atoms with Crippen molar-refractivity contribution in [1.82, 2.24) is 0 Å². The average molecular weight is 418 g/mol. The van der Waals surface area contributed by atoms with E-state index in [1.807, 2.05) is 13.0 Å². The van der Waals surface area contributed by atoms with E-state index in [2.05, 4.69) is 0 Å². The molecule has 0 radical (unpaired) electrons. The highest BCUT2D eigenvalue weighted by Gasteiger charge is 2.71. The third-order valence-corrected chi connectivity index (χ3v) is 8.55. The molecule has 4 aliphatic rings. The van der Waals surface area contributed by atoms with Gasteiger partial charge in [0.25, 0.3) is 0 Å². The van der Waals surface area contributed by atoms with Crippen molar-refractivity contribution in [2.45, 2.75) is 64.3 Å². The number of carbonyl (C=O) groups excluding carboxylic acids is 3. The molecule has 8 atom stereocenters. The first-order chi connectivity index (χ1) is 13.9. The number of carbonyl (C=O) groups is 3. The number of fused-ring (bicyclic) bond motifs is 5. The van der Waals surface area contributed by atoms with E-state index in [0.29, 0.717) is 12.8 Å². The summed E-state index contributed by atoms with van der Waals surface area (Å²) in [5, 5.41) is 33.6. The number of rotatable bonds is 3. The third kappa shape index (κ3) is 2.71. The van der Waals surface area contributed by atoms with E-state index in [4.69, 9.17) is 4.74 Å². The summed E-state index contributed by atoms with van der Waals surface area (Å²) in [6.07, 6.45) is 4.78. The molecule has 0 bridgehead atoms. The highest BCUT2D eigenvalue weighted by atomic mass is 16.5. The van der Waals surface area contributed by atoms with Gasteiger partial charge in [0.15, 0.2) is 18.0 Å². The highest BCUT2D eigenvalue weighted by molar-refractivity contribution is 6.01. The number of ether oxygens (including phenoxy) is 1. The molecule has 7 heteroatoms. The van der Waals surface area contributed by atoms with Gasteiger partial charge >= 0.3 is 5.97 Å². The predicted molar refractivity (Wildman–Crippen MR) is 106 cm³/mol. The van der Waals surface area contributed by atoms with Crippen LogP contribution in [0.3, 0.4) is 0 Å². The zero-order chi connectivity index (χ0) is 22.1. The Bertz CT molecular complexity index is 860. The smallest absolute Gasteiger partial charge is 0.303 e. The van der Waals surface area contributed by atoms with Crippen LogP contribution < -0.4 is 0 Å². The van der Waals surface area contributed by atoms with Crippen molar-refractivity contribution in [2.75, 3.05) is 6.61 Å². The van der Waals surface area contributed by atoms with Crippen molar-refractivity contribution in [3.8, 4) is 0 Å². The Balaban J connectivity index is 1.70. The minimum absolute atomic E-state index is 0.0241. The van der Waals surface area contributed by atoms with E-state index >= 15 is 0 Å². The number of ketones is 2. The molecule has 1 unspecified atom stereocenters. The topological polar surface area (TPSA) is 121 Å². The van der Waals surface area contributed by atoms with E-state index in [-0.39, 0.29) is 36.4 Å². The molecule has 0 saturated heterocycles. The number of Topliss-reactive ketones (excluding diaryl/α,β-unsaturated/α-hetero) is 1. The van der Waals surface area contributed by atoms with Crippen molar-refractivity contribution >= 4 is 17.5 Å². The largest absolute Gasteiger partial charge is 0.458 e. The normalized spacial score (nSPS) is 47.1. The number of aliphatic hydroxyl groups is 3. The van der Waals surface area contributed by atoms with Crippen LogP contribution in [0.2, 0.25) is 0 Å². The Morgan fingerprint density at radius 3 is 2.63 bits per heavy atom. The van der Waals surface area contributed by atoms with Crippen LogP contribution in [0.4, 0.5) is 0 Å². The maximum atomic E-state index is 12.9. The van der Waals surface area contributed by atoms with Crippen molar-refractivity contribution < 1.29 is 34.4 Å². The molecule has 3 fully saturated rings. The zero-order valence-corrected chi connectivity index (χ0v) is 17.6. The zero-order valence-electron chi connectivity index (χ0n) is 17.6. The van der Waals surface area contributed by atoms with Gasteiger partial charge in [-0.3, -0.25) is 14.4 Å². The molecular formula is C23H30O7. The molecule has 30 heavy (non-hydrogen) atoms. The maximum absolute atomic E-state index is 12.9. The van der Waals surface area contributed by atoms with Crippen LogP contribution in [0.5, 0.6) is 0 Å². The Hall–Kier alpha value is -1.83. The molecular weight excluding hydrogens is 388 g/mol. The fourth-order valence-corrected chi connectivity index (χ4v) is 7.12. The Kier molecular flexibility index (Phi) is 4.88. The lowest BCUT2D eigenvalue weighted by molar-refractivity contribution is -0.192. The lowest BCUT2D eigenvalue weighted by Gasteiger charge is -2.59. The van der Waals surface area contributed by atoms with Gasteiger partial charge in [-0.2, -0.15) is 0 Å². The van der Waals surface area contributed by atoms with Gasteiger partial charge in [-0.1, -0.05) is 25.5 Å². The second-order valence-corrected chi connectivity index (χ2v) is 9.93. The Morgan fingerprint density at radius 2 is 1.97 bits per heavy atom. The second-order valence-electron chi connectivity index (χ2n) is 9.93. The molecule has 0 heterocycles. The van der Waals surface area contributed by atoms with Gasteiger partial charge in [-0.05, 0) is 49.7 Å². The molecule has 0 aliphatic heterocycles. The van der Waals surface area contributed by atoms with Crippen molar-refractivity contribution in [3.05, 3.63) is 23.8 Å². The van der Waals surface area contributed by atoms with Crippen LogP contribution in [0, 0.1) is 28.6 Å². The molecule has 4 rings (SSSR count). The van der Waals surface area contributed by atoms with E-state index < -0.39 is 47.0 Å². The summed E-state index contributed by atoms with van der Waals surface area (Å²) in [5.74, 6) is -1.79. The molecule has 0 aromatic carbocycles. The predicted octanol–water partition coefficient (Wildman–Crippen LogP) is 1.10. The SMILES string of the molecule is CC(=O)OCC(=O)[C@@]1(O)[C@H](O)C[C@H]2[C@@H]3CCC4=CC(=O)C=C[C@]4(C)[C@H]3C(O)C[C@@]21C. The van der Waals surface area contributed by atoms with Crippen LogP contribution in [0.15, 0.2) is 23.8 Å². The van der Waals surface area contributed by atoms with Gasteiger partial charge in [-0.15, -0.1) is 0 Å². The van der Waals surface area contributed by atoms with Crippen LogP contribution in [0.25, 0.3) is 0 Å². The molecule has 164 valence electrons. The molecule has 7 nitrogen and oxygen atoms in total. The number of hydrogen-bond donors (Lipinski definition) is 3. The van der Waals surface area contributed by atoms with Gasteiger partial charge in [0, 0.05) is 23.7 Å². The third-order valence-electron chi connectivity index (χ3n) is 8.55. The van der Waals surface area contributed by atoms with Crippen LogP contribution in [-0.4, -0.2) is 57.3 Å². The number of aliphatic hydroxyl groups excluding tert-OH is 2. The fraction of sp³-hybridized carbons (Fsp3) is 0.696. The summed E-state index contributed by atoms with van der Waals surface area (Å²) < 4.78 is 4.81. The molecule has 0 spiro atoms.